The average Bonchev–Trinajstić information content (AvgIpc) is 2.18. The largest absolute Gasteiger partial charge is 0.493 e. The van der Waals surface area contributed by atoms with Crippen molar-refractivity contribution in [3.05, 3.63) is 23.8 Å². The van der Waals surface area contributed by atoms with E-state index in [1.165, 1.54) is 0 Å². The molecular formula is C10H14O3. The van der Waals surface area contributed by atoms with E-state index < -0.39 is 0 Å². The van der Waals surface area contributed by atoms with E-state index in [1.54, 1.807) is 14.2 Å². The quantitative estimate of drug-likeness (QED) is 0.761. The van der Waals surface area contributed by atoms with E-state index in [1.807, 2.05) is 18.2 Å². The van der Waals surface area contributed by atoms with E-state index in [9.17, 15) is 0 Å². The number of aliphatic hydroxyl groups excluding tert-OH is 1. The Bertz CT molecular complexity index is 271. The molecule has 1 aromatic rings. The minimum atomic E-state index is 0.148. The molecule has 3 heteroatoms. The van der Waals surface area contributed by atoms with Gasteiger partial charge in [-0.3, -0.25) is 0 Å². The third kappa shape index (κ3) is 2.36. The van der Waals surface area contributed by atoms with Crippen molar-refractivity contribution in [1.82, 2.24) is 0 Å². The van der Waals surface area contributed by atoms with Gasteiger partial charge < -0.3 is 14.6 Å². The summed E-state index contributed by atoms with van der Waals surface area (Å²) in [6, 6.07) is 5.62. The van der Waals surface area contributed by atoms with Crippen molar-refractivity contribution in [2.45, 2.75) is 6.42 Å². The number of rotatable bonds is 4. The van der Waals surface area contributed by atoms with Crippen LogP contribution >= 0.6 is 0 Å². The second-order valence-corrected chi connectivity index (χ2v) is 2.66. The number of hydrogen-bond donors (Lipinski definition) is 1. The number of benzene rings is 1. The van der Waals surface area contributed by atoms with Crippen LogP contribution in [0.3, 0.4) is 0 Å². The zero-order valence-corrected chi connectivity index (χ0v) is 7.91. The first-order valence-corrected chi connectivity index (χ1v) is 4.13. The van der Waals surface area contributed by atoms with E-state index in [-0.39, 0.29) is 6.61 Å². The van der Waals surface area contributed by atoms with Crippen LogP contribution in [0.5, 0.6) is 11.5 Å². The van der Waals surface area contributed by atoms with Crippen molar-refractivity contribution in [2.75, 3.05) is 20.8 Å². The third-order valence-corrected chi connectivity index (χ3v) is 1.85. The molecule has 0 fully saturated rings. The molecule has 1 aromatic carbocycles. The highest BCUT2D eigenvalue weighted by Crippen LogP contribution is 2.27. The first-order valence-electron chi connectivity index (χ1n) is 4.13. The maximum absolute atomic E-state index is 8.74. The van der Waals surface area contributed by atoms with Gasteiger partial charge in [0.05, 0.1) is 14.2 Å². The van der Waals surface area contributed by atoms with Crippen LogP contribution in [0.4, 0.5) is 0 Å². The fourth-order valence-corrected chi connectivity index (χ4v) is 1.17. The van der Waals surface area contributed by atoms with Gasteiger partial charge in [-0.25, -0.2) is 0 Å². The molecule has 0 saturated carbocycles. The lowest BCUT2D eigenvalue weighted by Gasteiger charge is -2.08. The van der Waals surface area contributed by atoms with Gasteiger partial charge >= 0.3 is 0 Å². The molecule has 72 valence electrons. The topological polar surface area (TPSA) is 38.7 Å². The van der Waals surface area contributed by atoms with Crippen LogP contribution in [0.1, 0.15) is 5.56 Å². The number of ether oxygens (including phenoxy) is 2. The summed E-state index contributed by atoms with van der Waals surface area (Å²) in [6.07, 6.45) is 0.639. The van der Waals surface area contributed by atoms with E-state index in [2.05, 4.69) is 0 Å². The highest BCUT2D eigenvalue weighted by molar-refractivity contribution is 5.42. The normalized spacial score (nSPS) is 9.77. The van der Waals surface area contributed by atoms with Gasteiger partial charge in [-0.1, -0.05) is 6.07 Å². The Morgan fingerprint density at radius 1 is 1.15 bits per heavy atom. The standard InChI is InChI=1S/C10H14O3/c1-12-9-4-3-8(5-6-11)7-10(9)13-2/h3-4,7,11H,5-6H2,1-2H3. The lowest BCUT2D eigenvalue weighted by molar-refractivity contribution is 0.299. The first kappa shape index (κ1) is 9.86. The molecule has 13 heavy (non-hydrogen) atoms. The summed E-state index contributed by atoms with van der Waals surface area (Å²) in [5, 5.41) is 8.74. The lowest BCUT2D eigenvalue weighted by atomic mass is 10.1. The zero-order chi connectivity index (χ0) is 9.68. The van der Waals surface area contributed by atoms with Crippen molar-refractivity contribution in [3.63, 3.8) is 0 Å². The second-order valence-electron chi connectivity index (χ2n) is 2.66. The van der Waals surface area contributed by atoms with Gasteiger partial charge in [-0.15, -0.1) is 0 Å². The molecule has 0 aliphatic rings. The maximum atomic E-state index is 8.74. The van der Waals surface area contributed by atoms with Gasteiger partial charge in [-0.05, 0) is 24.1 Å². The van der Waals surface area contributed by atoms with Crippen molar-refractivity contribution in [2.24, 2.45) is 0 Å². The summed E-state index contributed by atoms with van der Waals surface area (Å²) >= 11 is 0. The molecule has 0 aliphatic heterocycles. The van der Waals surface area contributed by atoms with E-state index in [0.29, 0.717) is 17.9 Å². The smallest absolute Gasteiger partial charge is 0.160 e. The minimum Gasteiger partial charge on any atom is -0.493 e. The summed E-state index contributed by atoms with van der Waals surface area (Å²) in [6.45, 7) is 0.148. The summed E-state index contributed by atoms with van der Waals surface area (Å²) < 4.78 is 10.2. The van der Waals surface area contributed by atoms with Crippen LogP contribution in [0.25, 0.3) is 0 Å². The number of aliphatic hydroxyl groups is 1. The fraction of sp³-hybridized carbons (Fsp3) is 0.400. The Kier molecular flexibility index (Phi) is 3.58. The monoisotopic (exact) mass is 182 g/mol. The molecule has 0 amide bonds. The van der Waals surface area contributed by atoms with Crippen molar-refractivity contribution in [1.29, 1.82) is 0 Å². The van der Waals surface area contributed by atoms with Crippen molar-refractivity contribution >= 4 is 0 Å². The molecule has 0 spiro atoms. The lowest BCUT2D eigenvalue weighted by Crippen LogP contribution is -1.94. The summed E-state index contributed by atoms with van der Waals surface area (Å²) in [5.41, 5.74) is 1.04. The Morgan fingerprint density at radius 3 is 2.38 bits per heavy atom. The molecule has 3 nitrogen and oxygen atoms in total. The minimum absolute atomic E-state index is 0.148. The molecule has 0 heterocycles. The summed E-state index contributed by atoms with van der Waals surface area (Å²) in [5.74, 6) is 1.41. The molecule has 0 saturated heterocycles. The SMILES string of the molecule is COc1ccc(CCO)cc1OC. The maximum Gasteiger partial charge on any atom is 0.160 e. The van der Waals surface area contributed by atoms with Gasteiger partial charge in [0.2, 0.25) is 0 Å². The summed E-state index contributed by atoms with van der Waals surface area (Å²) in [7, 11) is 3.20. The molecule has 0 bridgehead atoms. The van der Waals surface area contributed by atoms with Crippen LogP contribution in [-0.2, 0) is 6.42 Å². The van der Waals surface area contributed by atoms with Crippen LogP contribution < -0.4 is 9.47 Å². The van der Waals surface area contributed by atoms with Crippen molar-refractivity contribution in [3.8, 4) is 11.5 Å². The van der Waals surface area contributed by atoms with Crippen LogP contribution in [0.15, 0.2) is 18.2 Å². The Hall–Kier alpha value is -1.22. The predicted molar refractivity (Wildman–Crippen MR) is 50.3 cm³/mol. The number of hydrogen-bond acceptors (Lipinski definition) is 3. The Morgan fingerprint density at radius 2 is 1.85 bits per heavy atom. The zero-order valence-electron chi connectivity index (χ0n) is 7.91. The average molecular weight is 182 g/mol. The molecular weight excluding hydrogens is 168 g/mol. The highest BCUT2D eigenvalue weighted by atomic mass is 16.5. The fourth-order valence-electron chi connectivity index (χ4n) is 1.17. The Labute approximate surface area is 77.9 Å². The van der Waals surface area contributed by atoms with Gasteiger partial charge in [0.15, 0.2) is 11.5 Å². The van der Waals surface area contributed by atoms with Crippen molar-refractivity contribution < 1.29 is 14.6 Å². The van der Waals surface area contributed by atoms with Gasteiger partial charge in [0, 0.05) is 6.61 Å². The van der Waals surface area contributed by atoms with E-state index in [0.717, 1.165) is 5.56 Å². The third-order valence-electron chi connectivity index (χ3n) is 1.85. The van der Waals surface area contributed by atoms with E-state index >= 15 is 0 Å². The molecule has 0 atom stereocenters. The van der Waals surface area contributed by atoms with Crippen LogP contribution in [0, 0.1) is 0 Å². The molecule has 0 aliphatic carbocycles. The molecule has 1 N–H and O–H groups in total. The van der Waals surface area contributed by atoms with Gasteiger partial charge in [-0.2, -0.15) is 0 Å². The van der Waals surface area contributed by atoms with Gasteiger partial charge in [0.1, 0.15) is 0 Å². The highest BCUT2D eigenvalue weighted by Gasteiger charge is 2.03. The van der Waals surface area contributed by atoms with Crippen LogP contribution in [0.2, 0.25) is 0 Å². The summed E-state index contributed by atoms with van der Waals surface area (Å²) in [4.78, 5) is 0. The molecule has 0 radical (unpaired) electrons. The first-order chi connectivity index (χ1) is 6.31. The molecule has 1 rings (SSSR count). The Balaban J connectivity index is 2.91. The van der Waals surface area contributed by atoms with E-state index in [4.69, 9.17) is 14.6 Å². The predicted octanol–water partition coefficient (Wildman–Crippen LogP) is 1.24. The molecule has 0 aromatic heterocycles. The van der Waals surface area contributed by atoms with Gasteiger partial charge in [0.25, 0.3) is 0 Å². The number of methoxy groups -OCH3 is 2. The van der Waals surface area contributed by atoms with Crippen LogP contribution in [-0.4, -0.2) is 25.9 Å². The molecule has 0 unspecified atom stereocenters. The second kappa shape index (κ2) is 4.72.